The lowest BCUT2D eigenvalue weighted by atomic mass is 10.0. The van der Waals surface area contributed by atoms with Gasteiger partial charge >= 0.3 is 12.2 Å². The van der Waals surface area contributed by atoms with Gasteiger partial charge in [-0.25, -0.2) is 14.6 Å². The van der Waals surface area contributed by atoms with Crippen LogP contribution < -0.4 is 5.32 Å². The molecular formula is C27H39N5O4S. The number of carbonyl (C=O) groups is 2. The van der Waals surface area contributed by atoms with E-state index in [0.29, 0.717) is 19.1 Å². The van der Waals surface area contributed by atoms with E-state index in [9.17, 15) is 9.59 Å². The van der Waals surface area contributed by atoms with Gasteiger partial charge in [-0.15, -0.1) is 0 Å². The second-order valence-corrected chi connectivity index (χ2v) is 11.7. The molecule has 0 spiro atoms. The molecule has 1 saturated heterocycles. The maximum absolute atomic E-state index is 12.5. The molecule has 4 rings (SSSR count). The second-order valence-electron chi connectivity index (χ2n) is 10.6. The molecule has 0 bridgehead atoms. The number of aromatic nitrogens is 2. The summed E-state index contributed by atoms with van der Waals surface area (Å²) in [5.41, 5.74) is 2.77. The first kappa shape index (κ1) is 27.3. The number of nitrogens with zero attached hydrogens (tertiary/aromatic N) is 4. The van der Waals surface area contributed by atoms with Gasteiger partial charge in [0.15, 0.2) is 0 Å². The van der Waals surface area contributed by atoms with Gasteiger partial charge in [-0.05, 0) is 46.1 Å². The predicted molar refractivity (Wildman–Crippen MR) is 144 cm³/mol. The minimum Gasteiger partial charge on any atom is -0.453 e. The van der Waals surface area contributed by atoms with E-state index in [1.807, 2.05) is 51.1 Å². The summed E-state index contributed by atoms with van der Waals surface area (Å²) in [5.74, 6) is 1.75. The van der Waals surface area contributed by atoms with Crippen LogP contribution in [0, 0.1) is 6.92 Å². The molecule has 1 fully saturated rings. The number of methoxy groups -OCH3 is 1. The highest BCUT2D eigenvalue weighted by molar-refractivity contribution is 7.97. The summed E-state index contributed by atoms with van der Waals surface area (Å²) in [6.07, 6.45) is 2.09. The number of carbonyl (C=O) groups excluding carboxylic acids is 2. The molecule has 1 N–H and O–H groups in total. The van der Waals surface area contributed by atoms with Crippen LogP contribution in [0.25, 0.3) is 0 Å². The standard InChI is InChI=1S/C27H39N5O4S/c1-19-28-22-13-14-30(26(34)35-5)17-24(22)32(19)21-11-15-31(16-12-21)37-18-23(20-9-7-6-8-10-20)29-25(33)36-27(2,3)4/h6-10,21,23H,11-18H2,1-5H3,(H,29,33)/t23-/m0/s1. The largest absolute Gasteiger partial charge is 0.453 e. The monoisotopic (exact) mass is 529 g/mol. The normalized spacial score (nSPS) is 17.7. The minimum atomic E-state index is -0.543. The number of fused-ring (bicyclic) bond motifs is 1. The minimum absolute atomic E-state index is 0.147. The second kappa shape index (κ2) is 11.8. The average Bonchev–Trinajstić information content (AvgIpc) is 3.20. The Morgan fingerprint density at radius 1 is 1.16 bits per heavy atom. The van der Waals surface area contributed by atoms with E-state index in [0.717, 1.165) is 60.9 Å². The van der Waals surface area contributed by atoms with E-state index < -0.39 is 11.7 Å². The van der Waals surface area contributed by atoms with Gasteiger partial charge in [-0.3, -0.25) is 4.31 Å². The van der Waals surface area contributed by atoms with E-state index in [4.69, 9.17) is 14.5 Å². The van der Waals surface area contributed by atoms with Crippen molar-refractivity contribution < 1.29 is 19.1 Å². The summed E-state index contributed by atoms with van der Waals surface area (Å²) >= 11 is 1.77. The van der Waals surface area contributed by atoms with Gasteiger partial charge in [0.1, 0.15) is 11.4 Å². The number of nitrogens with one attached hydrogen (secondary N) is 1. The van der Waals surface area contributed by atoms with Crippen LogP contribution in [-0.4, -0.2) is 69.0 Å². The van der Waals surface area contributed by atoms with Gasteiger partial charge in [0.05, 0.1) is 31.1 Å². The number of alkyl carbamates (subject to hydrolysis) is 1. The van der Waals surface area contributed by atoms with E-state index in [-0.39, 0.29) is 12.1 Å². The van der Waals surface area contributed by atoms with Crippen molar-refractivity contribution in [2.24, 2.45) is 0 Å². The fraction of sp³-hybridized carbons (Fsp3) is 0.593. The van der Waals surface area contributed by atoms with E-state index in [1.54, 1.807) is 16.8 Å². The predicted octanol–water partition coefficient (Wildman–Crippen LogP) is 4.87. The van der Waals surface area contributed by atoms with Crippen molar-refractivity contribution >= 4 is 24.1 Å². The van der Waals surface area contributed by atoms with Crippen molar-refractivity contribution in [3.05, 3.63) is 53.1 Å². The van der Waals surface area contributed by atoms with E-state index in [1.165, 1.54) is 7.11 Å². The number of aryl methyl sites for hydroxylation is 1. The molecule has 2 aliphatic rings. The molecule has 9 nitrogen and oxygen atoms in total. The van der Waals surface area contributed by atoms with Crippen LogP contribution in [0.2, 0.25) is 0 Å². The van der Waals surface area contributed by atoms with E-state index >= 15 is 0 Å². The molecule has 0 saturated carbocycles. The van der Waals surface area contributed by atoms with Crippen molar-refractivity contribution in [1.29, 1.82) is 0 Å². The topological polar surface area (TPSA) is 88.9 Å². The molecule has 3 heterocycles. The first-order chi connectivity index (χ1) is 17.6. The van der Waals surface area contributed by atoms with Gasteiger partial charge in [0, 0.05) is 37.8 Å². The molecule has 2 amide bonds. The molecule has 1 aromatic carbocycles. The maximum Gasteiger partial charge on any atom is 0.409 e. The van der Waals surface area contributed by atoms with Gasteiger partial charge in [-0.2, -0.15) is 0 Å². The zero-order valence-electron chi connectivity index (χ0n) is 22.5. The first-order valence-electron chi connectivity index (χ1n) is 13.0. The Bertz CT molecular complexity index is 1080. The van der Waals surface area contributed by atoms with Crippen molar-refractivity contribution in [2.75, 3.05) is 32.5 Å². The van der Waals surface area contributed by atoms with Crippen molar-refractivity contribution in [3.8, 4) is 0 Å². The third kappa shape index (κ3) is 6.98. The zero-order valence-corrected chi connectivity index (χ0v) is 23.3. The Labute approximate surface area is 224 Å². The lowest BCUT2D eigenvalue weighted by Gasteiger charge is -2.35. The lowest BCUT2D eigenvalue weighted by molar-refractivity contribution is 0.0508. The molecule has 2 aromatic rings. The smallest absolute Gasteiger partial charge is 0.409 e. The maximum atomic E-state index is 12.5. The molecule has 2 aliphatic heterocycles. The number of amides is 2. The Morgan fingerprint density at radius 2 is 1.86 bits per heavy atom. The van der Waals surface area contributed by atoms with Gasteiger partial charge in [-0.1, -0.05) is 42.3 Å². The average molecular weight is 530 g/mol. The number of hydrogen-bond acceptors (Lipinski definition) is 7. The number of hydrogen-bond donors (Lipinski definition) is 1. The molecule has 0 unspecified atom stereocenters. The van der Waals surface area contributed by atoms with Crippen LogP contribution in [0.15, 0.2) is 30.3 Å². The van der Waals surface area contributed by atoms with Crippen molar-refractivity contribution in [1.82, 2.24) is 24.1 Å². The summed E-state index contributed by atoms with van der Waals surface area (Å²) in [5, 5.41) is 3.06. The van der Waals surface area contributed by atoms with Crippen molar-refractivity contribution in [2.45, 2.75) is 71.2 Å². The van der Waals surface area contributed by atoms with Gasteiger partial charge in [0.25, 0.3) is 0 Å². The fourth-order valence-electron chi connectivity index (χ4n) is 5.05. The number of imidazole rings is 1. The van der Waals surface area contributed by atoms with Gasteiger partial charge in [0.2, 0.25) is 0 Å². The van der Waals surface area contributed by atoms with Crippen LogP contribution in [0.1, 0.15) is 68.5 Å². The van der Waals surface area contributed by atoms with Crippen LogP contribution in [0.4, 0.5) is 9.59 Å². The third-order valence-electron chi connectivity index (χ3n) is 6.77. The molecule has 0 radical (unpaired) electrons. The quantitative estimate of drug-likeness (QED) is 0.534. The van der Waals surface area contributed by atoms with Crippen LogP contribution in [-0.2, 0) is 22.4 Å². The number of benzene rings is 1. The Kier molecular flexibility index (Phi) is 8.69. The Hall–Kier alpha value is -2.72. The van der Waals surface area contributed by atoms with E-state index in [2.05, 4.69) is 21.1 Å². The molecule has 10 heteroatoms. The van der Waals surface area contributed by atoms with Crippen LogP contribution in [0.3, 0.4) is 0 Å². The SMILES string of the molecule is COC(=O)N1CCc2nc(C)n(C3CCN(SC[C@H](NC(=O)OC(C)(C)C)c4ccccc4)CC3)c2C1. The van der Waals surface area contributed by atoms with Crippen LogP contribution >= 0.6 is 11.9 Å². The Balaban J connectivity index is 1.36. The summed E-state index contributed by atoms with van der Waals surface area (Å²) in [6, 6.07) is 10.2. The lowest BCUT2D eigenvalue weighted by Crippen LogP contribution is -2.38. The molecule has 0 aliphatic carbocycles. The fourth-order valence-corrected chi connectivity index (χ4v) is 6.16. The van der Waals surface area contributed by atoms with Crippen LogP contribution in [0.5, 0.6) is 0 Å². The molecule has 1 aromatic heterocycles. The summed E-state index contributed by atoms with van der Waals surface area (Å²) < 4.78 is 15.2. The zero-order chi connectivity index (χ0) is 26.6. The highest BCUT2D eigenvalue weighted by Crippen LogP contribution is 2.33. The molecular weight excluding hydrogens is 490 g/mol. The summed E-state index contributed by atoms with van der Waals surface area (Å²) in [7, 11) is 1.43. The molecule has 202 valence electrons. The van der Waals surface area contributed by atoms with Gasteiger partial charge < -0.3 is 24.3 Å². The Morgan fingerprint density at radius 3 is 2.51 bits per heavy atom. The summed E-state index contributed by atoms with van der Waals surface area (Å²) in [4.78, 5) is 31.2. The highest BCUT2D eigenvalue weighted by Gasteiger charge is 2.31. The highest BCUT2D eigenvalue weighted by atomic mass is 32.2. The third-order valence-corrected chi connectivity index (χ3v) is 7.98. The summed E-state index contributed by atoms with van der Waals surface area (Å²) in [6.45, 7) is 10.7. The number of rotatable bonds is 6. The van der Waals surface area contributed by atoms with Crippen molar-refractivity contribution in [3.63, 3.8) is 0 Å². The molecule has 1 atom stereocenters. The molecule has 37 heavy (non-hydrogen) atoms. The number of piperidine rings is 1. The number of ether oxygens (including phenoxy) is 2. The first-order valence-corrected chi connectivity index (χ1v) is 13.9.